The van der Waals surface area contributed by atoms with Crippen molar-refractivity contribution in [2.75, 3.05) is 13.7 Å². The maximum Gasteiger partial charge on any atom is 0.315 e. The number of carbonyl (C=O) groups is 1. The summed E-state index contributed by atoms with van der Waals surface area (Å²) in [5.41, 5.74) is 2.11. The molecule has 2 aromatic rings. The fraction of sp³-hybridized carbons (Fsp3) is 0.278. The highest BCUT2D eigenvalue weighted by atomic mass is 16.5. The Hall–Kier alpha value is -2.69. The number of benzene rings is 2. The molecule has 0 bridgehead atoms. The average Bonchev–Trinajstić information content (AvgIpc) is 2.60. The van der Waals surface area contributed by atoms with Crippen molar-refractivity contribution in [2.24, 2.45) is 0 Å². The van der Waals surface area contributed by atoms with Gasteiger partial charge in [0.05, 0.1) is 13.2 Å². The zero-order valence-electron chi connectivity index (χ0n) is 13.0. The van der Waals surface area contributed by atoms with Gasteiger partial charge in [-0.05, 0) is 35.7 Å². The number of urea groups is 1. The summed E-state index contributed by atoms with van der Waals surface area (Å²) < 4.78 is 10.8. The molecule has 120 valence electrons. The van der Waals surface area contributed by atoms with E-state index in [2.05, 4.69) is 10.6 Å². The highest BCUT2D eigenvalue weighted by Crippen LogP contribution is 2.23. The van der Waals surface area contributed by atoms with Crippen LogP contribution in [0.1, 0.15) is 11.1 Å². The monoisotopic (exact) mass is 312 g/mol. The van der Waals surface area contributed by atoms with Crippen LogP contribution in [0.4, 0.5) is 4.79 Å². The molecule has 23 heavy (non-hydrogen) atoms. The number of rotatable bonds is 4. The number of hydrogen-bond acceptors (Lipinski definition) is 3. The Kier molecular flexibility index (Phi) is 4.66. The standard InChI is InChI=1S/C18H20N2O3/c1-22-16-7-4-5-13(9-16)11-19-18(21)20-15-10-14-6-2-3-8-17(14)23-12-15/h2-9,15H,10-12H2,1H3,(H2,19,20,21)/t15-/m1/s1. The maximum absolute atomic E-state index is 12.0. The Labute approximate surface area is 135 Å². The molecule has 0 aromatic heterocycles. The van der Waals surface area contributed by atoms with E-state index in [1.54, 1.807) is 7.11 Å². The van der Waals surface area contributed by atoms with E-state index in [0.29, 0.717) is 13.2 Å². The Morgan fingerprint density at radius 1 is 1.26 bits per heavy atom. The fourth-order valence-corrected chi connectivity index (χ4v) is 2.62. The number of amides is 2. The normalized spacial score (nSPS) is 16.0. The van der Waals surface area contributed by atoms with E-state index in [9.17, 15) is 4.79 Å². The van der Waals surface area contributed by atoms with Gasteiger partial charge in [-0.1, -0.05) is 30.3 Å². The van der Waals surface area contributed by atoms with E-state index < -0.39 is 0 Å². The van der Waals surface area contributed by atoms with Crippen LogP contribution in [0.25, 0.3) is 0 Å². The summed E-state index contributed by atoms with van der Waals surface area (Å²) in [5.74, 6) is 1.68. The molecule has 2 aromatic carbocycles. The predicted octanol–water partition coefficient (Wildman–Crippen LogP) is 2.50. The van der Waals surface area contributed by atoms with E-state index in [4.69, 9.17) is 9.47 Å². The Bertz CT molecular complexity index is 687. The van der Waals surface area contributed by atoms with Crippen molar-refractivity contribution in [1.82, 2.24) is 10.6 Å². The number of hydrogen-bond donors (Lipinski definition) is 2. The molecule has 1 heterocycles. The first-order valence-corrected chi connectivity index (χ1v) is 7.62. The van der Waals surface area contributed by atoms with Gasteiger partial charge in [-0.2, -0.15) is 0 Å². The molecule has 5 heteroatoms. The summed E-state index contributed by atoms with van der Waals surface area (Å²) in [5, 5.41) is 5.81. The second-order valence-corrected chi connectivity index (χ2v) is 5.50. The molecule has 0 radical (unpaired) electrons. The molecule has 0 spiro atoms. The summed E-state index contributed by atoms with van der Waals surface area (Å²) in [6, 6.07) is 15.3. The van der Waals surface area contributed by atoms with Gasteiger partial charge < -0.3 is 20.1 Å². The number of para-hydroxylation sites is 1. The Balaban J connectivity index is 1.50. The van der Waals surface area contributed by atoms with Crippen LogP contribution in [0, 0.1) is 0 Å². The molecule has 1 aliphatic heterocycles. The third-order valence-corrected chi connectivity index (χ3v) is 3.80. The van der Waals surface area contributed by atoms with E-state index in [0.717, 1.165) is 29.0 Å². The largest absolute Gasteiger partial charge is 0.497 e. The molecular formula is C18H20N2O3. The molecular weight excluding hydrogens is 292 g/mol. The van der Waals surface area contributed by atoms with Crippen molar-refractivity contribution >= 4 is 6.03 Å². The quantitative estimate of drug-likeness (QED) is 0.912. The lowest BCUT2D eigenvalue weighted by atomic mass is 10.0. The minimum atomic E-state index is -0.194. The molecule has 0 saturated carbocycles. The van der Waals surface area contributed by atoms with Crippen molar-refractivity contribution in [3.05, 3.63) is 59.7 Å². The molecule has 0 fully saturated rings. The van der Waals surface area contributed by atoms with Crippen LogP contribution in [0.15, 0.2) is 48.5 Å². The lowest BCUT2D eigenvalue weighted by Gasteiger charge is -2.26. The minimum absolute atomic E-state index is 0.0183. The van der Waals surface area contributed by atoms with Crippen molar-refractivity contribution in [1.29, 1.82) is 0 Å². The zero-order chi connectivity index (χ0) is 16.1. The van der Waals surface area contributed by atoms with Crippen LogP contribution < -0.4 is 20.1 Å². The van der Waals surface area contributed by atoms with Crippen LogP contribution >= 0.6 is 0 Å². The number of nitrogens with one attached hydrogen (secondary N) is 2. The van der Waals surface area contributed by atoms with Gasteiger partial charge in [0.2, 0.25) is 0 Å². The summed E-state index contributed by atoms with van der Waals surface area (Å²) in [4.78, 5) is 12.0. The maximum atomic E-state index is 12.0. The third kappa shape index (κ3) is 3.94. The lowest BCUT2D eigenvalue weighted by molar-refractivity contribution is 0.214. The third-order valence-electron chi connectivity index (χ3n) is 3.80. The van der Waals surface area contributed by atoms with Gasteiger partial charge in [-0.25, -0.2) is 4.79 Å². The summed E-state index contributed by atoms with van der Waals surface area (Å²) in [7, 11) is 1.63. The molecule has 2 N–H and O–H groups in total. The molecule has 3 rings (SSSR count). The van der Waals surface area contributed by atoms with E-state index in [1.165, 1.54) is 0 Å². The van der Waals surface area contributed by atoms with E-state index in [-0.39, 0.29) is 12.1 Å². The van der Waals surface area contributed by atoms with Gasteiger partial charge in [-0.15, -0.1) is 0 Å². The van der Waals surface area contributed by atoms with Gasteiger partial charge >= 0.3 is 6.03 Å². The van der Waals surface area contributed by atoms with Crippen molar-refractivity contribution in [3.8, 4) is 11.5 Å². The van der Waals surface area contributed by atoms with E-state index >= 15 is 0 Å². The van der Waals surface area contributed by atoms with Gasteiger partial charge in [0.1, 0.15) is 18.1 Å². The fourth-order valence-electron chi connectivity index (χ4n) is 2.62. The highest BCUT2D eigenvalue weighted by Gasteiger charge is 2.20. The average molecular weight is 312 g/mol. The first-order chi connectivity index (χ1) is 11.2. The Morgan fingerprint density at radius 3 is 3.00 bits per heavy atom. The second kappa shape index (κ2) is 7.05. The van der Waals surface area contributed by atoms with Gasteiger partial charge in [-0.3, -0.25) is 0 Å². The molecule has 1 aliphatic rings. The first kappa shape index (κ1) is 15.2. The van der Waals surface area contributed by atoms with Crippen LogP contribution in [0.2, 0.25) is 0 Å². The SMILES string of the molecule is COc1cccc(CNC(=O)N[C@H]2COc3ccccc3C2)c1. The molecule has 0 aliphatic carbocycles. The summed E-state index contributed by atoms with van der Waals surface area (Å²) >= 11 is 0. The summed E-state index contributed by atoms with van der Waals surface area (Å²) in [6.45, 7) is 0.941. The van der Waals surface area contributed by atoms with Crippen LogP contribution in [-0.4, -0.2) is 25.8 Å². The molecule has 0 saturated heterocycles. The van der Waals surface area contributed by atoms with Crippen LogP contribution in [-0.2, 0) is 13.0 Å². The predicted molar refractivity (Wildman–Crippen MR) is 87.8 cm³/mol. The molecule has 1 atom stereocenters. The van der Waals surface area contributed by atoms with Gasteiger partial charge in [0.15, 0.2) is 0 Å². The molecule has 5 nitrogen and oxygen atoms in total. The Morgan fingerprint density at radius 2 is 2.13 bits per heavy atom. The first-order valence-electron chi connectivity index (χ1n) is 7.62. The molecule has 2 amide bonds. The second-order valence-electron chi connectivity index (χ2n) is 5.50. The number of carbonyl (C=O) groups excluding carboxylic acids is 1. The van der Waals surface area contributed by atoms with Gasteiger partial charge in [0, 0.05) is 6.54 Å². The lowest BCUT2D eigenvalue weighted by Crippen LogP contribution is -2.47. The molecule has 0 unspecified atom stereocenters. The zero-order valence-corrected chi connectivity index (χ0v) is 13.0. The van der Waals surface area contributed by atoms with Crippen molar-refractivity contribution in [3.63, 3.8) is 0 Å². The highest BCUT2D eigenvalue weighted by molar-refractivity contribution is 5.74. The summed E-state index contributed by atoms with van der Waals surface area (Å²) in [6.07, 6.45) is 0.781. The smallest absolute Gasteiger partial charge is 0.315 e. The van der Waals surface area contributed by atoms with Crippen LogP contribution in [0.5, 0.6) is 11.5 Å². The van der Waals surface area contributed by atoms with Crippen molar-refractivity contribution in [2.45, 2.75) is 19.0 Å². The van der Waals surface area contributed by atoms with Gasteiger partial charge in [0.25, 0.3) is 0 Å². The number of methoxy groups -OCH3 is 1. The number of fused-ring (bicyclic) bond motifs is 1. The minimum Gasteiger partial charge on any atom is -0.497 e. The van der Waals surface area contributed by atoms with Crippen molar-refractivity contribution < 1.29 is 14.3 Å². The topological polar surface area (TPSA) is 59.6 Å². The van der Waals surface area contributed by atoms with Crippen LogP contribution in [0.3, 0.4) is 0 Å². The number of ether oxygens (including phenoxy) is 2. The van der Waals surface area contributed by atoms with E-state index in [1.807, 2.05) is 48.5 Å².